The summed E-state index contributed by atoms with van der Waals surface area (Å²) in [5, 5.41) is 5.82. The molecule has 180 valence electrons. The average Bonchev–Trinajstić information content (AvgIpc) is 3.30. The lowest BCUT2D eigenvalue weighted by atomic mass is 10.1. The van der Waals surface area contributed by atoms with Crippen molar-refractivity contribution in [3.63, 3.8) is 0 Å². The van der Waals surface area contributed by atoms with Crippen molar-refractivity contribution in [1.29, 1.82) is 0 Å². The third kappa shape index (κ3) is 5.90. The summed E-state index contributed by atoms with van der Waals surface area (Å²) in [5.74, 6) is 0.417. The van der Waals surface area contributed by atoms with E-state index in [9.17, 15) is 26.3 Å². The normalized spacial score (nSPS) is 16.5. The van der Waals surface area contributed by atoms with Crippen molar-refractivity contribution in [1.82, 2.24) is 19.9 Å². The largest absolute Gasteiger partial charge is 0.433 e. The maximum Gasteiger partial charge on any atom is 0.433 e. The molecule has 0 spiro atoms. The lowest BCUT2D eigenvalue weighted by Crippen LogP contribution is -2.15. The van der Waals surface area contributed by atoms with E-state index >= 15 is 0 Å². The molecular formula is C21H18F6N6O. The summed E-state index contributed by atoms with van der Waals surface area (Å²) in [7, 11) is 0. The number of alkyl halides is 6. The Labute approximate surface area is 189 Å². The molecule has 0 aliphatic carbocycles. The zero-order valence-corrected chi connectivity index (χ0v) is 17.4. The summed E-state index contributed by atoms with van der Waals surface area (Å²) >= 11 is 0. The highest BCUT2D eigenvalue weighted by Crippen LogP contribution is 2.31. The second kappa shape index (κ2) is 9.41. The Hall–Kier alpha value is -3.48. The van der Waals surface area contributed by atoms with Gasteiger partial charge in [-0.1, -0.05) is 6.07 Å². The van der Waals surface area contributed by atoms with E-state index < -0.39 is 23.7 Å². The van der Waals surface area contributed by atoms with Gasteiger partial charge >= 0.3 is 12.4 Å². The molecule has 7 nitrogen and oxygen atoms in total. The van der Waals surface area contributed by atoms with E-state index in [2.05, 4.69) is 30.6 Å². The first-order valence-corrected chi connectivity index (χ1v) is 10.1. The first-order chi connectivity index (χ1) is 16.1. The highest BCUT2D eigenvalue weighted by molar-refractivity contribution is 5.63. The van der Waals surface area contributed by atoms with E-state index in [0.29, 0.717) is 19.8 Å². The number of nitrogens with zero attached hydrogens (tertiary/aromatic N) is 4. The van der Waals surface area contributed by atoms with Crippen LogP contribution in [0.5, 0.6) is 0 Å². The van der Waals surface area contributed by atoms with Crippen LogP contribution < -0.4 is 10.6 Å². The fourth-order valence-electron chi connectivity index (χ4n) is 3.24. The fraction of sp³-hybridized carbons (Fsp3) is 0.333. The van der Waals surface area contributed by atoms with Gasteiger partial charge in [0.2, 0.25) is 0 Å². The molecule has 1 unspecified atom stereocenters. The highest BCUT2D eigenvalue weighted by Gasteiger charge is 2.33. The minimum Gasteiger partial charge on any atom is -0.381 e. The van der Waals surface area contributed by atoms with Gasteiger partial charge < -0.3 is 15.4 Å². The number of hydrogen-bond acceptors (Lipinski definition) is 7. The van der Waals surface area contributed by atoms with E-state index in [4.69, 9.17) is 4.74 Å². The smallest absolute Gasteiger partial charge is 0.381 e. The van der Waals surface area contributed by atoms with Gasteiger partial charge in [0, 0.05) is 37.0 Å². The van der Waals surface area contributed by atoms with Gasteiger partial charge in [-0.15, -0.1) is 0 Å². The molecule has 3 aromatic rings. The molecule has 0 saturated carbocycles. The van der Waals surface area contributed by atoms with Crippen LogP contribution in [0.25, 0.3) is 11.5 Å². The van der Waals surface area contributed by atoms with E-state index in [0.717, 1.165) is 24.8 Å². The SMILES string of the molecule is FC(F)(F)c1cc(Nc2cc(NCC3CCOC3)nc(-c3cccc(C(F)(F)F)n3)n2)ccn1. The number of hydrogen-bond donors (Lipinski definition) is 2. The van der Waals surface area contributed by atoms with E-state index in [1.165, 1.54) is 24.3 Å². The maximum absolute atomic E-state index is 13.1. The van der Waals surface area contributed by atoms with Crippen molar-refractivity contribution >= 4 is 17.3 Å². The van der Waals surface area contributed by atoms with E-state index in [1.54, 1.807) is 0 Å². The summed E-state index contributed by atoms with van der Waals surface area (Å²) in [4.78, 5) is 15.3. The molecule has 0 amide bonds. The van der Waals surface area contributed by atoms with Gasteiger partial charge in [-0.2, -0.15) is 26.3 Å². The van der Waals surface area contributed by atoms with Crippen LogP contribution in [0.3, 0.4) is 0 Å². The quantitative estimate of drug-likeness (QED) is 0.468. The highest BCUT2D eigenvalue weighted by atomic mass is 19.4. The Bertz CT molecular complexity index is 1150. The number of halogens is 6. The number of aromatic nitrogens is 4. The van der Waals surface area contributed by atoms with Crippen molar-refractivity contribution in [2.75, 3.05) is 30.4 Å². The van der Waals surface area contributed by atoms with Gasteiger partial charge in [0.1, 0.15) is 28.7 Å². The van der Waals surface area contributed by atoms with Gasteiger partial charge in [0.15, 0.2) is 5.82 Å². The first kappa shape index (κ1) is 23.7. The van der Waals surface area contributed by atoms with Gasteiger partial charge in [-0.05, 0) is 30.7 Å². The second-order valence-corrected chi connectivity index (χ2v) is 7.53. The van der Waals surface area contributed by atoms with Gasteiger partial charge in [-0.3, -0.25) is 4.98 Å². The summed E-state index contributed by atoms with van der Waals surface area (Å²) < 4.78 is 83.7. The predicted molar refractivity (Wildman–Crippen MR) is 110 cm³/mol. The summed E-state index contributed by atoms with van der Waals surface area (Å²) in [5.41, 5.74) is -2.32. The average molecular weight is 484 g/mol. The van der Waals surface area contributed by atoms with Crippen molar-refractivity contribution in [2.24, 2.45) is 5.92 Å². The zero-order chi connectivity index (χ0) is 24.3. The minimum absolute atomic E-state index is 0.0409. The Kier molecular flexibility index (Phi) is 6.55. The second-order valence-electron chi connectivity index (χ2n) is 7.53. The molecule has 0 radical (unpaired) electrons. The molecule has 13 heteroatoms. The zero-order valence-electron chi connectivity index (χ0n) is 17.4. The van der Waals surface area contributed by atoms with Crippen molar-refractivity contribution < 1.29 is 31.1 Å². The predicted octanol–water partition coefficient (Wildman–Crippen LogP) is 5.16. The van der Waals surface area contributed by atoms with Crippen LogP contribution in [0.4, 0.5) is 43.7 Å². The number of ether oxygens (including phenoxy) is 1. The van der Waals surface area contributed by atoms with Crippen molar-refractivity contribution in [3.8, 4) is 11.5 Å². The Morgan fingerprint density at radius 2 is 1.68 bits per heavy atom. The molecule has 1 aliphatic rings. The fourth-order valence-corrected chi connectivity index (χ4v) is 3.24. The standard InChI is InChI=1S/C21H18F6N6O/c22-20(23,24)15-3-1-2-14(31-15)19-32-17(29-10-12-5-7-34-11-12)9-18(33-19)30-13-4-6-28-16(8-13)21(25,26)27/h1-4,6,8-9,12H,5,7,10-11H2,(H2,28,29,30,32,33). The van der Waals surface area contributed by atoms with Gasteiger partial charge in [0.25, 0.3) is 0 Å². The van der Waals surface area contributed by atoms with Crippen LogP contribution in [-0.2, 0) is 17.1 Å². The molecule has 0 bridgehead atoms. The molecular weight excluding hydrogens is 466 g/mol. The minimum atomic E-state index is -4.67. The van der Waals surface area contributed by atoms with Gasteiger partial charge in [0.05, 0.1) is 6.61 Å². The Balaban J connectivity index is 1.67. The van der Waals surface area contributed by atoms with E-state index in [1.807, 2.05) is 0 Å². The van der Waals surface area contributed by atoms with Crippen LogP contribution >= 0.6 is 0 Å². The Morgan fingerprint density at radius 3 is 2.38 bits per heavy atom. The van der Waals surface area contributed by atoms with E-state index in [-0.39, 0.29) is 34.8 Å². The molecule has 3 aromatic heterocycles. The molecule has 4 heterocycles. The summed E-state index contributed by atoms with van der Waals surface area (Å²) in [6.45, 7) is 1.67. The summed E-state index contributed by atoms with van der Waals surface area (Å²) in [6, 6.07) is 6.87. The lowest BCUT2D eigenvalue weighted by Gasteiger charge is -2.14. The molecule has 4 rings (SSSR count). The Morgan fingerprint density at radius 1 is 0.912 bits per heavy atom. The third-order valence-corrected chi connectivity index (χ3v) is 4.91. The van der Waals surface area contributed by atoms with Crippen LogP contribution in [0, 0.1) is 5.92 Å². The maximum atomic E-state index is 13.1. The molecule has 1 saturated heterocycles. The van der Waals surface area contributed by atoms with Crippen LogP contribution in [0.15, 0.2) is 42.6 Å². The lowest BCUT2D eigenvalue weighted by molar-refractivity contribution is -0.141. The molecule has 1 atom stereocenters. The molecule has 34 heavy (non-hydrogen) atoms. The summed E-state index contributed by atoms with van der Waals surface area (Å²) in [6.07, 6.45) is -7.49. The molecule has 2 N–H and O–H groups in total. The van der Waals surface area contributed by atoms with Crippen LogP contribution in [-0.4, -0.2) is 39.7 Å². The number of pyridine rings is 2. The topological polar surface area (TPSA) is 84.9 Å². The molecule has 1 aliphatic heterocycles. The number of rotatable bonds is 6. The van der Waals surface area contributed by atoms with Crippen molar-refractivity contribution in [2.45, 2.75) is 18.8 Å². The van der Waals surface area contributed by atoms with Gasteiger partial charge in [-0.25, -0.2) is 15.0 Å². The first-order valence-electron chi connectivity index (χ1n) is 10.1. The molecule has 0 aromatic carbocycles. The number of anilines is 3. The van der Waals surface area contributed by atoms with Crippen LogP contribution in [0.2, 0.25) is 0 Å². The van der Waals surface area contributed by atoms with Crippen LogP contribution in [0.1, 0.15) is 17.8 Å². The third-order valence-electron chi connectivity index (χ3n) is 4.91. The molecule has 1 fully saturated rings. The van der Waals surface area contributed by atoms with Crippen molar-refractivity contribution in [3.05, 3.63) is 54.0 Å². The monoisotopic (exact) mass is 484 g/mol. The number of nitrogens with one attached hydrogen (secondary N) is 2.